The molecule has 1 unspecified atom stereocenters. The summed E-state index contributed by atoms with van der Waals surface area (Å²) >= 11 is 0. The molecule has 1 atom stereocenters. The van der Waals surface area contributed by atoms with Crippen LogP contribution in [-0.2, 0) is 20.7 Å². The van der Waals surface area contributed by atoms with Gasteiger partial charge in [-0.15, -0.1) is 0 Å². The summed E-state index contributed by atoms with van der Waals surface area (Å²) in [5.74, 6) is 0.277. The van der Waals surface area contributed by atoms with Crippen molar-refractivity contribution < 1.29 is 23.5 Å². The van der Waals surface area contributed by atoms with Gasteiger partial charge in [0.2, 0.25) is 0 Å². The van der Waals surface area contributed by atoms with Crippen LogP contribution in [0, 0.1) is 0 Å². The molecule has 29 heavy (non-hydrogen) atoms. The molecule has 3 aromatic rings. The van der Waals surface area contributed by atoms with Crippen molar-refractivity contribution >= 4 is 34.6 Å². The number of furan rings is 1. The van der Waals surface area contributed by atoms with Gasteiger partial charge in [-0.05, 0) is 43.2 Å². The second-order valence-electron chi connectivity index (χ2n) is 6.81. The summed E-state index contributed by atoms with van der Waals surface area (Å²) in [6.07, 6.45) is 2.70. The minimum atomic E-state index is -0.880. The molecule has 1 amide bonds. The number of esters is 1. The third-order valence-electron chi connectivity index (χ3n) is 4.92. The van der Waals surface area contributed by atoms with Gasteiger partial charge in [0.25, 0.3) is 5.91 Å². The van der Waals surface area contributed by atoms with Crippen LogP contribution in [0.4, 0.5) is 5.69 Å². The zero-order valence-electron chi connectivity index (χ0n) is 16.3. The number of carbonyl (C=O) groups is 2. The highest BCUT2D eigenvalue weighted by Gasteiger charge is 2.29. The Balaban J connectivity index is 1.41. The van der Waals surface area contributed by atoms with Crippen LogP contribution in [0.15, 0.2) is 59.0 Å². The molecule has 148 valence electrons. The maximum absolute atomic E-state index is 12.7. The monoisotopic (exact) mass is 391 g/mol. The van der Waals surface area contributed by atoms with E-state index in [4.69, 9.17) is 13.9 Å². The summed E-state index contributed by atoms with van der Waals surface area (Å²) in [7, 11) is 1.57. The fraction of sp³-hybridized carbons (Fsp3) is 0.217. The molecule has 2 aromatic carbocycles. The first kappa shape index (κ1) is 18.8. The van der Waals surface area contributed by atoms with Crippen molar-refractivity contribution in [3.05, 3.63) is 65.9 Å². The SMILES string of the molecule is COc1cccc2cc(C=CC(=O)OC(C)C(=O)N3CCc4ccccc43)oc12. The Morgan fingerprint density at radius 3 is 2.83 bits per heavy atom. The molecule has 0 bridgehead atoms. The number of rotatable bonds is 5. The summed E-state index contributed by atoms with van der Waals surface area (Å²) in [5.41, 5.74) is 2.62. The summed E-state index contributed by atoms with van der Waals surface area (Å²) in [6, 6.07) is 15.1. The van der Waals surface area contributed by atoms with Crippen LogP contribution < -0.4 is 9.64 Å². The molecule has 0 N–H and O–H groups in total. The number of carbonyl (C=O) groups excluding carboxylic acids is 2. The van der Waals surface area contributed by atoms with Crippen LogP contribution in [0.5, 0.6) is 5.75 Å². The number of para-hydroxylation sites is 2. The van der Waals surface area contributed by atoms with E-state index in [0.29, 0.717) is 23.6 Å². The van der Waals surface area contributed by atoms with Crippen molar-refractivity contribution in [2.75, 3.05) is 18.6 Å². The molecule has 1 aromatic heterocycles. The highest BCUT2D eigenvalue weighted by molar-refractivity contribution is 6.00. The molecular weight excluding hydrogens is 370 g/mol. The van der Waals surface area contributed by atoms with E-state index in [0.717, 1.165) is 23.1 Å². The molecule has 0 fully saturated rings. The number of anilines is 1. The Kier molecular flexibility index (Phi) is 5.08. The smallest absolute Gasteiger partial charge is 0.331 e. The van der Waals surface area contributed by atoms with Crippen LogP contribution in [0.25, 0.3) is 17.0 Å². The molecule has 6 heteroatoms. The Hall–Kier alpha value is -3.54. The zero-order valence-corrected chi connectivity index (χ0v) is 16.3. The highest BCUT2D eigenvalue weighted by Crippen LogP contribution is 2.29. The van der Waals surface area contributed by atoms with Crippen molar-refractivity contribution in [3.8, 4) is 5.75 Å². The van der Waals surface area contributed by atoms with Gasteiger partial charge in [-0.25, -0.2) is 4.79 Å². The number of benzene rings is 2. The van der Waals surface area contributed by atoms with E-state index in [1.54, 1.807) is 31.1 Å². The molecule has 1 aliphatic heterocycles. The van der Waals surface area contributed by atoms with E-state index in [-0.39, 0.29) is 5.91 Å². The molecule has 0 saturated carbocycles. The Labute approximate surface area is 168 Å². The Bertz CT molecular complexity index is 1100. The normalized spacial score (nSPS) is 14.2. The maximum atomic E-state index is 12.7. The number of nitrogens with zero attached hydrogens (tertiary/aromatic N) is 1. The van der Waals surface area contributed by atoms with Gasteiger partial charge in [-0.1, -0.05) is 30.3 Å². The van der Waals surface area contributed by atoms with Crippen LogP contribution in [0.3, 0.4) is 0 Å². The third-order valence-corrected chi connectivity index (χ3v) is 4.92. The largest absolute Gasteiger partial charge is 0.493 e. The number of ether oxygens (including phenoxy) is 2. The van der Waals surface area contributed by atoms with Crippen molar-refractivity contribution in [3.63, 3.8) is 0 Å². The fourth-order valence-corrected chi connectivity index (χ4v) is 3.50. The molecule has 0 aliphatic carbocycles. The van der Waals surface area contributed by atoms with Gasteiger partial charge >= 0.3 is 5.97 Å². The molecule has 1 aliphatic rings. The average Bonchev–Trinajstić information content (AvgIpc) is 3.35. The van der Waals surface area contributed by atoms with E-state index < -0.39 is 12.1 Å². The summed E-state index contributed by atoms with van der Waals surface area (Å²) in [4.78, 5) is 26.6. The number of methoxy groups -OCH3 is 1. The van der Waals surface area contributed by atoms with E-state index >= 15 is 0 Å². The van der Waals surface area contributed by atoms with Crippen LogP contribution >= 0.6 is 0 Å². The lowest BCUT2D eigenvalue weighted by Crippen LogP contribution is -2.38. The van der Waals surface area contributed by atoms with Crippen molar-refractivity contribution in [2.24, 2.45) is 0 Å². The van der Waals surface area contributed by atoms with Crippen molar-refractivity contribution in [1.82, 2.24) is 0 Å². The van der Waals surface area contributed by atoms with Crippen molar-refractivity contribution in [1.29, 1.82) is 0 Å². The predicted molar refractivity (Wildman–Crippen MR) is 110 cm³/mol. The lowest BCUT2D eigenvalue weighted by atomic mass is 10.2. The lowest BCUT2D eigenvalue weighted by molar-refractivity contribution is -0.149. The minimum absolute atomic E-state index is 0.231. The van der Waals surface area contributed by atoms with Gasteiger partial charge in [0.05, 0.1) is 7.11 Å². The first-order chi connectivity index (χ1) is 14.1. The topological polar surface area (TPSA) is 69.0 Å². The number of fused-ring (bicyclic) bond motifs is 2. The van der Waals surface area contributed by atoms with Crippen molar-refractivity contribution in [2.45, 2.75) is 19.4 Å². The van der Waals surface area contributed by atoms with E-state index in [9.17, 15) is 9.59 Å². The zero-order chi connectivity index (χ0) is 20.4. The van der Waals surface area contributed by atoms with Crippen LogP contribution in [0.2, 0.25) is 0 Å². The molecule has 0 saturated heterocycles. The highest BCUT2D eigenvalue weighted by atomic mass is 16.5. The fourth-order valence-electron chi connectivity index (χ4n) is 3.50. The second-order valence-corrected chi connectivity index (χ2v) is 6.81. The first-order valence-corrected chi connectivity index (χ1v) is 9.41. The van der Waals surface area contributed by atoms with Gasteiger partial charge in [-0.2, -0.15) is 0 Å². The van der Waals surface area contributed by atoms with Gasteiger partial charge in [-0.3, -0.25) is 4.79 Å². The molecule has 6 nitrogen and oxygen atoms in total. The van der Waals surface area contributed by atoms with Gasteiger partial charge in [0.1, 0.15) is 5.76 Å². The molecule has 0 spiro atoms. The van der Waals surface area contributed by atoms with Gasteiger partial charge in [0, 0.05) is 23.7 Å². The Morgan fingerprint density at radius 2 is 2.00 bits per heavy atom. The molecule has 2 heterocycles. The van der Waals surface area contributed by atoms with Crippen LogP contribution in [-0.4, -0.2) is 31.6 Å². The van der Waals surface area contributed by atoms with E-state index in [1.807, 2.05) is 36.4 Å². The predicted octanol–water partition coefficient (Wildman–Crippen LogP) is 3.98. The number of hydrogen-bond donors (Lipinski definition) is 0. The molecule has 0 radical (unpaired) electrons. The van der Waals surface area contributed by atoms with E-state index in [1.165, 1.54) is 12.2 Å². The summed E-state index contributed by atoms with van der Waals surface area (Å²) in [5, 5.41) is 0.869. The van der Waals surface area contributed by atoms with Crippen LogP contribution in [0.1, 0.15) is 18.2 Å². The number of hydrogen-bond acceptors (Lipinski definition) is 5. The standard InChI is InChI=1S/C23H21NO5/c1-15(23(26)24-13-12-16-6-3-4-8-19(16)24)28-21(25)11-10-18-14-17-7-5-9-20(27-2)22(17)29-18/h3-11,14-15H,12-13H2,1-2H3. The first-order valence-electron chi connectivity index (χ1n) is 9.41. The Morgan fingerprint density at radius 1 is 1.17 bits per heavy atom. The van der Waals surface area contributed by atoms with Gasteiger partial charge in [0.15, 0.2) is 17.4 Å². The summed E-state index contributed by atoms with van der Waals surface area (Å²) in [6.45, 7) is 2.18. The average molecular weight is 391 g/mol. The summed E-state index contributed by atoms with van der Waals surface area (Å²) < 4.78 is 16.3. The third kappa shape index (κ3) is 3.74. The molecule has 4 rings (SSSR count). The minimum Gasteiger partial charge on any atom is -0.493 e. The second kappa shape index (κ2) is 7.83. The maximum Gasteiger partial charge on any atom is 0.331 e. The molecular formula is C23H21NO5. The number of amides is 1. The van der Waals surface area contributed by atoms with E-state index in [2.05, 4.69) is 0 Å². The quantitative estimate of drug-likeness (QED) is 0.486. The lowest BCUT2D eigenvalue weighted by Gasteiger charge is -2.21. The van der Waals surface area contributed by atoms with Gasteiger partial charge < -0.3 is 18.8 Å².